The molecule has 0 aliphatic heterocycles. The van der Waals surface area contributed by atoms with E-state index in [9.17, 15) is 9.59 Å². The summed E-state index contributed by atoms with van der Waals surface area (Å²) in [4.78, 5) is 25.1. The summed E-state index contributed by atoms with van der Waals surface area (Å²) in [5, 5.41) is 14.2. The van der Waals surface area contributed by atoms with Gasteiger partial charge in [0.1, 0.15) is 24.1 Å². The molecule has 0 spiro atoms. The third kappa shape index (κ3) is 7.45. The molecule has 1 unspecified atom stereocenters. The van der Waals surface area contributed by atoms with Gasteiger partial charge < -0.3 is 15.4 Å². The van der Waals surface area contributed by atoms with E-state index in [0.717, 1.165) is 24.2 Å². The van der Waals surface area contributed by atoms with Gasteiger partial charge in [-0.15, -0.1) is 0 Å². The summed E-state index contributed by atoms with van der Waals surface area (Å²) in [5.74, 6) is 1.39. The van der Waals surface area contributed by atoms with Gasteiger partial charge in [-0.05, 0) is 42.2 Å². The fourth-order valence-corrected chi connectivity index (χ4v) is 3.97. The molecule has 31 heavy (non-hydrogen) atoms. The number of nitriles is 1. The lowest BCUT2D eigenvalue weighted by Gasteiger charge is -2.26. The molecule has 162 valence electrons. The number of amides is 2. The molecule has 0 bridgehead atoms. The van der Waals surface area contributed by atoms with Crippen LogP contribution in [0.4, 0.5) is 0 Å². The van der Waals surface area contributed by atoms with Crippen molar-refractivity contribution in [3.8, 4) is 17.6 Å². The van der Waals surface area contributed by atoms with Crippen LogP contribution in [-0.2, 0) is 16.0 Å². The lowest BCUT2D eigenvalue weighted by Crippen LogP contribution is -2.48. The van der Waals surface area contributed by atoms with Crippen LogP contribution >= 0.6 is 0 Å². The monoisotopic (exact) mass is 419 g/mol. The van der Waals surface area contributed by atoms with Gasteiger partial charge in [0, 0.05) is 0 Å². The molecular formula is C25H29N3O3. The van der Waals surface area contributed by atoms with Crippen molar-refractivity contribution >= 4 is 11.8 Å². The van der Waals surface area contributed by atoms with Gasteiger partial charge in [0.2, 0.25) is 11.8 Å². The third-order valence-electron chi connectivity index (χ3n) is 5.55. The zero-order chi connectivity index (χ0) is 21.9. The normalized spacial score (nSPS) is 14.8. The van der Waals surface area contributed by atoms with Crippen molar-refractivity contribution in [3.63, 3.8) is 0 Å². The molecule has 3 rings (SSSR count). The van der Waals surface area contributed by atoms with Gasteiger partial charge in [0.25, 0.3) is 0 Å². The number of hydrogen-bond acceptors (Lipinski definition) is 4. The van der Waals surface area contributed by atoms with E-state index in [4.69, 9.17) is 10.00 Å². The van der Waals surface area contributed by atoms with E-state index in [1.54, 1.807) is 0 Å². The summed E-state index contributed by atoms with van der Waals surface area (Å²) in [6.07, 6.45) is 6.54. The molecule has 2 amide bonds. The van der Waals surface area contributed by atoms with Gasteiger partial charge in [-0.25, -0.2) is 0 Å². The second kappa shape index (κ2) is 11.8. The number of carbonyl (C=O) groups excluding carboxylic acids is 2. The van der Waals surface area contributed by atoms with Crippen molar-refractivity contribution in [2.24, 2.45) is 5.92 Å². The Morgan fingerprint density at radius 2 is 1.68 bits per heavy atom. The van der Waals surface area contributed by atoms with Crippen molar-refractivity contribution in [2.75, 3.05) is 6.54 Å². The number of rotatable bonds is 9. The van der Waals surface area contributed by atoms with Crippen LogP contribution in [0.3, 0.4) is 0 Å². The molecule has 0 heterocycles. The van der Waals surface area contributed by atoms with Crippen LogP contribution in [-0.4, -0.2) is 24.4 Å². The molecule has 1 atom stereocenters. The largest absolute Gasteiger partial charge is 0.457 e. The first-order valence-corrected chi connectivity index (χ1v) is 10.9. The zero-order valence-electron chi connectivity index (χ0n) is 17.7. The van der Waals surface area contributed by atoms with Crippen LogP contribution in [0.25, 0.3) is 0 Å². The Labute approximate surface area is 183 Å². The highest BCUT2D eigenvalue weighted by atomic mass is 16.5. The minimum absolute atomic E-state index is 0.0568. The second-order valence-corrected chi connectivity index (χ2v) is 7.97. The Morgan fingerprint density at radius 3 is 2.35 bits per heavy atom. The van der Waals surface area contributed by atoms with E-state index in [1.807, 2.05) is 60.7 Å². The Balaban J connectivity index is 1.56. The summed E-state index contributed by atoms with van der Waals surface area (Å²) in [6.45, 7) is -0.0568. The van der Waals surface area contributed by atoms with E-state index >= 15 is 0 Å². The van der Waals surface area contributed by atoms with Gasteiger partial charge in [-0.1, -0.05) is 62.4 Å². The molecule has 0 aromatic heterocycles. The standard InChI is InChI=1S/C25H29N3O3/c26-15-16-27-25(30)23(17-19-7-3-1-4-8-19)28-24(29)18-20-11-13-22(14-12-20)31-21-9-5-2-6-10-21/h2,5-6,9-14,19,23H,1,3-4,7-8,16-18H2,(H,27,30)(H,28,29). The number of para-hydroxylation sites is 1. The number of ether oxygens (including phenoxy) is 1. The van der Waals surface area contributed by atoms with Crippen LogP contribution in [0.1, 0.15) is 44.1 Å². The summed E-state index contributed by atoms with van der Waals surface area (Å²) in [6, 6.07) is 18.2. The fraction of sp³-hybridized carbons (Fsp3) is 0.400. The molecule has 1 fully saturated rings. The zero-order valence-corrected chi connectivity index (χ0v) is 17.7. The molecule has 2 N–H and O–H groups in total. The lowest BCUT2D eigenvalue weighted by atomic mass is 9.84. The quantitative estimate of drug-likeness (QED) is 0.598. The summed E-state index contributed by atoms with van der Waals surface area (Å²) < 4.78 is 5.78. The van der Waals surface area contributed by atoms with Crippen molar-refractivity contribution < 1.29 is 14.3 Å². The van der Waals surface area contributed by atoms with Crippen molar-refractivity contribution in [3.05, 3.63) is 60.2 Å². The molecule has 1 aliphatic carbocycles. The highest BCUT2D eigenvalue weighted by Crippen LogP contribution is 2.27. The summed E-state index contributed by atoms with van der Waals surface area (Å²) in [5.41, 5.74) is 0.840. The SMILES string of the molecule is N#CCNC(=O)C(CC1CCCCC1)NC(=O)Cc1ccc(Oc2ccccc2)cc1. The van der Waals surface area contributed by atoms with E-state index in [0.29, 0.717) is 18.1 Å². The Hall–Kier alpha value is -3.33. The topological polar surface area (TPSA) is 91.2 Å². The number of hydrogen-bond donors (Lipinski definition) is 2. The smallest absolute Gasteiger partial charge is 0.243 e. The van der Waals surface area contributed by atoms with Gasteiger partial charge >= 0.3 is 0 Å². The van der Waals surface area contributed by atoms with Crippen molar-refractivity contribution in [1.29, 1.82) is 5.26 Å². The van der Waals surface area contributed by atoms with Crippen LogP contribution in [0, 0.1) is 17.2 Å². The molecule has 0 saturated heterocycles. The Morgan fingerprint density at radius 1 is 1.00 bits per heavy atom. The number of nitrogens with one attached hydrogen (secondary N) is 2. The number of nitrogens with zero attached hydrogens (tertiary/aromatic N) is 1. The lowest BCUT2D eigenvalue weighted by molar-refractivity contribution is -0.129. The van der Waals surface area contributed by atoms with Gasteiger partial charge in [0.15, 0.2) is 0 Å². The summed E-state index contributed by atoms with van der Waals surface area (Å²) in [7, 11) is 0. The first kappa shape index (κ1) is 22.4. The minimum atomic E-state index is -0.607. The first-order valence-electron chi connectivity index (χ1n) is 10.9. The third-order valence-corrected chi connectivity index (χ3v) is 5.55. The predicted molar refractivity (Wildman–Crippen MR) is 118 cm³/mol. The fourth-order valence-electron chi connectivity index (χ4n) is 3.97. The number of benzene rings is 2. The molecule has 2 aromatic carbocycles. The highest BCUT2D eigenvalue weighted by Gasteiger charge is 2.25. The average molecular weight is 420 g/mol. The maximum Gasteiger partial charge on any atom is 0.243 e. The Kier molecular flexibility index (Phi) is 8.48. The molecule has 0 radical (unpaired) electrons. The van der Waals surface area contributed by atoms with Gasteiger partial charge in [-0.3, -0.25) is 9.59 Å². The molecule has 1 aliphatic rings. The van der Waals surface area contributed by atoms with E-state index in [-0.39, 0.29) is 24.8 Å². The van der Waals surface area contributed by atoms with E-state index in [1.165, 1.54) is 19.3 Å². The van der Waals surface area contributed by atoms with Crippen molar-refractivity contribution in [1.82, 2.24) is 10.6 Å². The van der Waals surface area contributed by atoms with Crippen LogP contribution in [0.15, 0.2) is 54.6 Å². The maximum absolute atomic E-state index is 12.6. The number of carbonyl (C=O) groups is 2. The first-order chi connectivity index (χ1) is 15.1. The molecule has 1 saturated carbocycles. The minimum Gasteiger partial charge on any atom is -0.457 e. The molecule has 6 heteroatoms. The van der Waals surface area contributed by atoms with Crippen LogP contribution < -0.4 is 15.4 Å². The maximum atomic E-state index is 12.6. The summed E-state index contributed by atoms with van der Waals surface area (Å²) >= 11 is 0. The van der Waals surface area contributed by atoms with Gasteiger partial charge in [0.05, 0.1) is 12.5 Å². The Bertz CT molecular complexity index is 884. The highest BCUT2D eigenvalue weighted by molar-refractivity contribution is 5.88. The predicted octanol–water partition coefficient (Wildman–Crippen LogP) is 4.12. The molecule has 6 nitrogen and oxygen atoms in total. The van der Waals surface area contributed by atoms with E-state index < -0.39 is 6.04 Å². The van der Waals surface area contributed by atoms with Crippen LogP contribution in [0.5, 0.6) is 11.5 Å². The second-order valence-electron chi connectivity index (χ2n) is 7.97. The van der Waals surface area contributed by atoms with Crippen LogP contribution in [0.2, 0.25) is 0 Å². The van der Waals surface area contributed by atoms with Gasteiger partial charge in [-0.2, -0.15) is 5.26 Å². The van der Waals surface area contributed by atoms with E-state index in [2.05, 4.69) is 10.6 Å². The molecule has 2 aromatic rings. The van der Waals surface area contributed by atoms with Crippen molar-refractivity contribution in [2.45, 2.75) is 51.0 Å². The molecular weight excluding hydrogens is 390 g/mol. The average Bonchev–Trinajstić information content (AvgIpc) is 2.79.